The quantitative estimate of drug-likeness (QED) is 0.850. The Balaban J connectivity index is 2.71. The van der Waals surface area contributed by atoms with Gasteiger partial charge < -0.3 is 9.88 Å². The van der Waals surface area contributed by atoms with Crippen molar-refractivity contribution in [2.45, 2.75) is 13.0 Å². The number of likely N-dealkylation sites (N-methyl/N-ethyl adjacent to an activating group) is 1. The number of hydrogen-bond donors (Lipinski definition) is 1. The molecule has 1 aromatic heterocycles. The van der Waals surface area contributed by atoms with E-state index in [1.54, 1.807) is 39.2 Å². The molecule has 5 nitrogen and oxygen atoms in total. The first-order valence-corrected chi connectivity index (χ1v) is 6.29. The standard InChI is InChI=1S/C13H15N3O2S/c1-8(11(17)15(2)3)16-12(18)9-6-4-5-7-10(9)14-13(16)19/h4-8H,1-3H3,(H,14,19). The molecule has 1 aromatic carbocycles. The molecule has 6 heteroatoms. The molecule has 100 valence electrons. The minimum atomic E-state index is -0.629. The molecule has 0 radical (unpaired) electrons. The Kier molecular flexibility index (Phi) is 3.53. The Hall–Kier alpha value is -1.95. The zero-order valence-electron chi connectivity index (χ0n) is 11.0. The molecule has 1 amide bonds. The minimum absolute atomic E-state index is 0.170. The summed E-state index contributed by atoms with van der Waals surface area (Å²) in [5, 5.41) is 0.523. The number of aromatic nitrogens is 2. The number of fused-ring (bicyclic) bond motifs is 1. The number of amides is 1. The number of rotatable bonds is 2. The molecule has 0 fully saturated rings. The van der Waals surface area contributed by atoms with Gasteiger partial charge in [-0.15, -0.1) is 0 Å². The molecule has 0 bridgehead atoms. The molecular weight excluding hydrogens is 262 g/mol. The first kappa shape index (κ1) is 13.5. The number of benzene rings is 1. The van der Waals surface area contributed by atoms with Crippen molar-refractivity contribution in [3.05, 3.63) is 39.4 Å². The lowest BCUT2D eigenvalue weighted by Crippen LogP contribution is -2.36. The summed E-state index contributed by atoms with van der Waals surface area (Å²) in [7, 11) is 3.30. The van der Waals surface area contributed by atoms with Crippen molar-refractivity contribution < 1.29 is 4.79 Å². The summed E-state index contributed by atoms with van der Waals surface area (Å²) in [6.45, 7) is 1.67. The number of carbonyl (C=O) groups is 1. The van der Waals surface area contributed by atoms with Gasteiger partial charge in [0.05, 0.1) is 10.9 Å². The number of para-hydroxylation sites is 1. The summed E-state index contributed by atoms with van der Waals surface area (Å²) in [4.78, 5) is 28.8. The van der Waals surface area contributed by atoms with E-state index >= 15 is 0 Å². The second-order valence-corrected chi connectivity index (χ2v) is 4.95. The Morgan fingerprint density at radius 3 is 2.63 bits per heavy atom. The van der Waals surface area contributed by atoms with Gasteiger partial charge in [0, 0.05) is 14.1 Å². The number of H-pyrrole nitrogens is 1. The molecule has 1 heterocycles. The van der Waals surface area contributed by atoms with Gasteiger partial charge in [0.1, 0.15) is 6.04 Å². The highest BCUT2D eigenvalue weighted by Gasteiger charge is 2.20. The van der Waals surface area contributed by atoms with Gasteiger partial charge in [-0.25, -0.2) is 0 Å². The molecule has 19 heavy (non-hydrogen) atoms. The Morgan fingerprint density at radius 2 is 2.00 bits per heavy atom. The molecule has 0 spiro atoms. The van der Waals surface area contributed by atoms with Crippen LogP contribution in [-0.4, -0.2) is 34.5 Å². The van der Waals surface area contributed by atoms with Gasteiger partial charge in [0.25, 0.3) is 5.56 Å². The van der Waals surface area contributed by atoms with Crippen molar-refractivity contribution in [1.82, 2.24) is 14.5 Å². The molecule has 0 aliphatic carbocycles. The van der Waals surface area contributed by atoms with Gasteiger partial charge in [-0.1, -0.05) is 12.1 Å². The third-order valence-corrected chi connectivity index (χ3v) is 3.32. The fourth-order valence-corrected chi connectivity index (χ4v) is 2.36. The summed E-state index contributed by atoms with van der Waals surface area (Å²) in [6, 6.07) is 6.48. The molecule has 0 saturated carbocycles. The number of nitrogens with one attached hydrogen (secondary N) is 1. The highest BCUT2D eigenvalue weighted by atomic mass is 32.1. The molecule has 2 aromatic rings. The first-order chi connectivity index (χ1) is 8.93. The van der Waals surface area contributed by atoms with Gasteiger partial charge in [-0.2, -0.15) is 0 Å². The number of aromatic amines is 1. The van der Waals surface area contributed by atoms with E-state index in [9.17, 15) is 9.59 Å². The summed E-state index contributed by atoms with van der Waals surface area (Å²) in [5.74, 6) is -0.170. The lowest BCUT2D eigenvalue weighted by atomic mass is 10.2. The highest BCUT2D eigenvalue weighted by Crippen LogP contribution is 2.11. The van der Waals surface area contributed by atoms with E-state index in [1.807, 2.05) is 6.07 Å². The predicted molar refractivity (Wildman–Crippen MR) is 76.8 cm³/mol. The van der Waals surface area contributed by atoms with Gasteiger partial charge in [0.15, 0.2) is 4.77 Å². The van der Waals surface area contributed by atoms with Crippen LogP contribution in [0.1, 0.15) is 13.0 Å². The number of nitrogens with zero attached hydrogens (tertiary/aromatic N) is 2. The molecule has 0 saturated heterocycles. The zero-order chi connectivity index (χ0) is 14.2. The second-order valence-electron chi connectivity index (χ2n) is 4.56. The van der Waals surface area contributed by atoms with Crippen LogP contribution in [0.4, 0.5) is 0 Å². The summed E-state index contributed by atoms with van der Waals surface area (Å²) >= 11 is 5.19. The van der Waals surface area contributed by atoms with Gasteiger partial charge in [-0.3, -0.25) is 14.2 Å². The topological polar surface area (TPSA) is 58.1 Å². The fraction of sp³-hybridized carbons (Fsp3) is 0.308. The van der Waals surface area contributed by atoms with E-state index < -0.39 is 6.04 Å². The third kappa shape index (κ3) is 2.31. The van der Waals surface area contributed by atoms with Crippen molar-refractivity contribution in [3.8, 4) is 0 Å². The van der Waals surface area contributed by atoms with Crippen LogP contribution in [0, 0.1) is 4.77 Å². The number of hydrogen-bond acceptors (Lipinski definition) is 3. The van der Waals surface area contributed by atoms with Crippen molar-refractivity contribution in [3.63, 3.8) is 0 Å². The summed E-state index contributed by atoms with van der Waals surface area (Å²) in [5.41, 5.74) is 0.431. The maximum Gasteiger partial charge on any atom is 0.262 e. The lowest BCUT2D eigenvalue weighted by molar-refractivity contribution is -0.131. The zero-order valence-corrected chi connectivity index (χ0v) is 11.8. The molecule has 1 unspecified atom stereocenters. The van der Waals surface area contributed by atoms with Crippen molar-refractivity contribution in [2.75, 3.05) is 14.1 Å². The van der Waals surface area contributed by atoms with Crippen LogP contribution in [0.5, 0.6) is 0 Å². The Morgan fingerprint density at radius 1 is 1.37 bits per heavy atom. The van der Waals surface area contributed by atoms with Crippen LogP contribution in [0.3, 0.4) is 0 Å². The van der Waals surface area contributed by atoms with E-state index in [0.717, 1.165) is 0 Å². The largest absolute Gasteiger partial charge is 0.347 e. The number of carbonyl (C=O) groups excluding carboxylic acids is 1. The van der Waals surface area contributed by atoms with Crippen LogP contribution in [0.25, 0.3) is 10.9 Å². The normalized spacial score (nSPS) is 12.4. The molecular formula is C13H15N3O2S. The smallest absolute Gasteiger partial charge is 0.262 e. The molecule has 1 atom stereocenters. The van der Waals surface area contributed by atoms with Crippen molar-refractivity contribution >= 4 is 29.0 Å². The van der Waals surface area contributed by atoms with Crippen LogP contribution in [0.2, 0.25) is 0 Å². The van der Waals surface area contributed by atoms with Crippen LogP contribution < -0.4 is 5.56 Å². The van der Waals surface area contributed by atoms with Gasteiger partial charge in [-0.05, 0) is 31.3 Å². The molecule has 0 aliphatic heterocycles. The highest BCUT2D eigenvalue weighted by molar-refractivity contribution is 7.71. The first-order valence-electron chi connectivity index (χ1n) is 5.88. The van der Waals surface area contributed by atoms with E-state index in [2.05, 4.69) is 4.98 Å². The molecule has 0 aliphatic rings. The predicted octanol–water partition coefficient (Wildman–Crippen LogP) is 1.71. The minimum Gasteiger partial charge on any atom is -0.347 e. The Labute approximate surface area is 115 Å². The fourth-order valence-electron chi connectivity index (χ4n) is 2.01. The van der Waals surface area contributed by atoms with Crippen molar-refractivity contribution in [2.24, 2.45) is 0 Å². The maximum atomic E-state index is 12.4. The monoisotopic (exact) mass is 277 g/mol. The van der Waals surface area contributed by atoms with Gasteiger partial charge >= 0.3 is 0 Å². The average Bonchev–Trinajstić information content (AvgIpc) is 2.37. The van der Waals surface area contributed by atoms with E-state index in [1.165, 1.54) is 9.47 Å². The maximum absolute atomic E-state index is 12.4. The molecule has 2 rings (SSSR count). The van der Waals surface area contributed by atoms with Crippen LogP contribution in [0.15, 0.2) is 29.1 Å². The summed E-state index contributed by atoms with van der Waals surface area (Å²) < 4.78 is 1.58. The van der Waals surface area contributed by atoms with Crippen molar-refractivity contribution in [1.29, 1.82) is 0 Å². The van der Waals surface area contributed by atoms with Gasteiger partial charge in [0.2, 0.25) is 5.91 Å². The second kappa shape index (κ2) is 4.97. The van der Waals surface area contributed by atoms with E-state index in [-0.39, 0.29) is 16.2 Å². The SMILES string of the molecule is CC(C(=O)N(C)C)n1c(=S)[nH]c2ccccc2c1=O. The average molecular weight is 277 g/mol. The summed E-state index contributed by atoms with van der Waals surface area (Å²) in [6.07, 6.45) is 0. The van der Waals surface area contributed by atoms with E-state index in [0.29, 0.717) is 10.9 Å². The van der Waals surface area contributed by atoms with Crippen LogP contribution in [-0.2, 0) is 4.79 Å². The molecule has 1 N–H and O–H groups in total. The third-order valence-electron chi connectivity index (χ3n) is 3.02. The van der Waals surface area contributed by atoms with E-state index in [4.69, 9.17) is 12.2 Å². The lowest BCUT2D eigenvalue weighted by Gasteiger charge is -2.19. The Bertz CT molecular complexity index is 745. The van der Waals surface area contributed by atoms with Crippen LogP contribution >= 0.6 is 12.2 Å².